The molecule has 7 heteroatoms. The summed E-state index contributed by atoms with van der Waals surface area (Å²) in [4.78, 5) is 9.95. The predicted octanol–water partition coefficient (Wildman–Crippen LogP) is 1.82. The molecule has 106 valence electrons. The van der Waals surface area contributed by atoms with Crippen LogP contribution in [0.5, 0.6) is 5.75 Å². The third-order valence-corrected chi connectivity index (χ3v) is 2.39. The summed E-state index contributed by atoms with van der Waals surface area (Å²) in [6.07, 6.45) is -0.880. The van der Waals surface area contributed by atoms with Crippen molar-refractivity contribution >= 4 is 5.69 Å². The molecule has 0 aliphatic rings. The standard InChI is InChI=1S/C12H16FNO5/c1-3-18-6-9(15)7-19-12-4-8(2)11(14(16)17)5-10(12)13/h4-5,9,15H,3,6-7H2,1-2H3. The van der Waals surface area contributed by atoms with Crippen LogP contribution in [0, 0.1) is 22.9 Å². The second-order valence-electron chi connectivity index (χ2n) is 3.95. The fourth-order valence-corrected chi connectivity index (χ4v) is 1.44. The zero-order chi connectivity index (χ0) is 14.4. The third kappa shape index (κ3) is 4.46. The second-order valence-corrected chi connectivity index (χ2v) is 3.95. The summed E-state index contributed by atoms with van der Waals surface area (Å²) in [6, 6.07) is 2.04. The lowest BCUT2D eigenvalue weighted by molar-refractivity contribution is -0.385. The van der Waals surface area contributed by atoms with Gasteiger partial charge in [-0.15, -0.1) is 0 Å². The topological polar surface area (TPSA) is 81.8 Å². The highest BCUT2D eigenvalue weighted by Crippen LogP contribution is 2.27. The molecule has 6 nitrogen and oxygen atoms in total. The van der Waals surface area contributed by atoms with Crippen LogP contribution in [0.2, 0.25) is 0 Å². The van der Waals surface area contributed by atoms with Crippen LogP contribution in [0.3, 0.4) is 0 Å². The minimum atomic E-state index is -0.880. The number of benzene rings is 1. The average Bonchev–Trinajstić information content (AvgIpc) is 2.36. The number of nitro benzene ring substituents is 1. The van der Waals surface area contributed by atoms with E-state index in [0.29, 0.717) is 12.2 Å². The Balaban J connectivity index is 2.69. The van der Waals surface area contributed by atoms with Crippen LogP contribution in [0.1, 0.15) is 12.5 Å². The Morgan fingerprint density at radius 1 is 1.47 bits per heavy atom. The van der Waals surface area contributed by atoms with Crippen molar-refractivity contribution in [1.29, 1.82) is 0 Å². The molecule has 19 heavy (non-hydrogen) atoms. The number of nitro groups is 1. The number of nitrogens with zero attached hydrogens (tertiary/aromatic N) is 1. The van der Waals surface area contributed by atoms with Crippen LogP contribution < -0.4 is 4.74 Å². The number of rotatable bonds is 7. The number of aryl methyl sites for hydroxylation is 1. The van der Waals surface area contributed by atoms with Crippen molar-refractivity contribution in [3.8, 4) is 5.75 Å². The molecule has 0 aromatic heterocycles. The zero-order valence-electron chi connectivity index (χ0n) is 10.8. The maximum atomic E-state index is 13.6. The van der Waals surface area contributed by atoms with E-state index in [9.17, 15) is 19.6 Å². The molecule has 1 aromatic carbocycles. The fourth-order valence-electron chi connectivity index (χ4n) is 1.44. The molecule has 0 saturated heterocycles. The maximum absolute atomic E-state index is 13.6. The summed E-state index contributed by atoms with van der Waals surface area (Å²) in [6.45, 7) is 3.67. The molecule has 0 saturated carbocycles. The van der Waals surface area contributed by atoms with Crippen LogP contribution in [-0.2, 0) is 4.74 Å². The van der Waals surface area contributed by atoms with E-state index in [-0.39, 0.29) is 24.7 Å². The third-order valence-electron chi connectivity index (χ3n) is 2.39. The van der Waals surface area contributed by atoms with E-state index in [1.807, 2.05) is 0 Å². The van der Waals surface area contributed by atoms with E-state index in [2.05, 4.69) is 0 Å². The van der Waals surface area contributed by atoms with Crippen LogP contribution in [0.15, 0.2) is 12.1 Å². The minimum absolute atomic E-state index is 0.0874. The van der Waals surface area contributed by atoms with Gasteiger partial charge in [-0.3, -0.25) is 10.1 Å². The van der Waals surface area contributed by atoms with E-state index in [4.69, 9.17) is 9.47 Å². The van der Waals surface area contributed by atoms with Gasteiger partial charge in [0, 0.05) is 12.2 Å². The highest BCUT2D eigenvalue weighted by atomic mass is 19.1. The van der Waals surface area contributed by atoms with Gasteiger partial charge in [-0.2, -0.15) is 0 Å². The number of halogens is 1. The number of aliphatic hydroxyl groups is 1. The van der Waals surface area contributed by atoms with Gasteiger partial charge >= 0.3 is 0 Å². The van der Waals surface area contributed by atoms with Crippen molar-refractivity contribution in [2.45, 2.75) is 20.0 Å². The molecule has 1 unspecified atom stereocenters. The maximum Gasteiger partial charge on any atom is 0.275 e. The first-order chi connectivity index (χ1) is 8.95. The fraction of sp³-hybridized carbons (Fsp3) is 0.500. The molecule has 1 rings (SSSR count). The molecule has 1 N–H and O–H groups in total. The number of hydrogen-bond donors (Lipinski definition) is 1. The Bertz CT molecular complexity index is 452. The average molecular weight is 273 g/mol. The summed E-state index contributed by atoms with van der Waals surface area (Å²) in [7, 11) is 0. The Morgan fingerprint density at radius 2 is 2.16 bits per heavy atom. The van der Waals surface area contributed by atoms with Crippen molar-refractivity contribution in [3.63, 3.8) is 0 Å². The van der Waals surface area contributed by atoms with Gasteiger partial charge in [-0.25, -0.2) is 4.39 Å². The molecule has 0 spiro atoms. The highest BCUT2D eigenvalue weighted by molar-refractivity contribution is 5.45. The van der Waals surface area contributed by atoms with Gasteiger partial charge in [0.05, 0.1) is 17.6 Å². The molecular formula is C12H16FNO5. The Labute approximate surface area is 109 Å². The van der Waals surface area contributed by atoms with Crippen molar-refractivity contribution in [2.24, 2.45) is 0 Å². The summed E-state index contributed by atoms with van der Waals surface area (Å²) in [5, 5.41) is 20.1. The predicted molar refractivity (Wildman–Crippen MR) is 65.8 cm³/mol. The monoisotopic (exact) mass is 273 g/mol. The molecule has 1 atom stereocenters. The Kier molecular flexibility index (Phi) is 5.65. The van der Waals surface area contributed by atoms with Gasteiger partial charge < -0.3 is 14.6 Å². The molecule has 0 aliphatic heterocycles. The van der Waals surface area contributed by atoms with E-state index in [1.165, 1.54) is 13.0 Å². The highest BCUT2D eigenvalue weighted by Gasteiger charge is 2.17. The first-order valence-electron chi connectivity index (χ1n) is 5.78. The van der Waals surface area contributed by atoms with E-state index in [1.54, 1.807) is 6.92 Å². The second kappa shape index (κ2) is 7.01. The van der Waals surface area contributed by atoms with Gasteiger partial charge in [-0.1, -0.05) is 0 Å². The first kappa shape index (κ1) is 15.3. The van der Waals surface area contributed by atoms with Gasteiger partial charge in [0.1, 0.15) is 12.7 Å². The van der Waals surface area contributed by atoms with Gasteiger partial charge in [-0.05, 0) is 19.9 Å². The van der Waals surface area contributed by atoms with E-state index < -0.39 is 16.8 Å². The van der Waals surface area contributed by atoms with Gasteiger partial charge in [0.15, 0.2) is 11.6 Å². The largest absolute Gasteiger partial charge is 0.488 e. The van der Waals surface area contributed by atoms with E-state index >= 15 is 0 Å². The van der Waals surface area contributed by atoms with Crippen LogP contribution >= 0.6 is 0 Å². The van der Waals surface area contributed by atoms with Crippen molar-refractivity contribution in [1.82, 2.24) is 0 Å². The lowest BCUT2D eigenvalue weighted by Crippen LogP contribution is -2.23. The lowest BCUT2D eigenvalue weighted by Gasteiger charge is -2.13. The Morgan fingerprint density at radius 3 is 2.74 bits per heavy atom. The zero-order valence-corrected chi connectivity index (χ0v) is 10.8. The normalized spacial score (nSPS) is 12.2. The molecule has 1 aromatic rings. The van der Waals surface area contributed by atoms with Crippen LogP contribution in [0.25, 0.3) is 0 Å². The number of hydrogen-bond acceptors (Lipinski definition) is 5. The van der Waals surface area contributed by atoms with Crippen molar-refractivity contribution in [2.75, 3.05) is 19.8 Å². The SMILES string of the molecule is CCOCC(O)COc1cc(C)c([N+](=O)[O-])cc1F. The van der Waals surface area contributed by atoms with Crippen molar-refractivity contribution in [3.05, 3.63) is 33.6 Å². The van der Waals surface area contributed by atoms with Crippen LogP contribution in [0.4, 0.5) is 10.1 Å². The Hall–Kier alpha value is -1.73. The minimum Gasteiger partial charge on any atom is -0.488 e. The summed E-state index contributed by atoms with van der Waals surface area (Å²) >= 11 is 0. The number of ether oxygens (including phenoxy) is 2. The molecule has 0 bridgehead atoms. The smallest absolute Gasteiger partial charge is 0.275 e. The molecular weight excluding hydrogens is 257 g/mol. The molecule has 0 amide bonds. The first-order valence-corrected chi connectivity index (χ1v) is 5.78. The van der Waals surface area contributed by atoms with Crippen LogP contribution in [-0.4, -0.2) is 36.0 Å². The lowest BCUT2D eigenvalue weighted by atomic mass is 10.2. The summed E-state index contributed by atoms with van der Waals surface area (Å²) in [5.41, 5.74) is -0.0135. The molecule has 0 fully saturated rings. The molecule has 0 aliphatic carbocycles. The van der Waals surface area contributed by atoms with Gasteiger partial charge in [0.25, 0.3) is 5.69 Å². The van der Waals surface area contributed by atoms with Crippen molar-refractivity contribution < 1.29 is 23.9 Å². The van der Waals surface area contributed by atoms with E-state index in [0.717, 1.165) is 6.07 Å². The quantitative estimate of drug-likeness (QED) is 0.605. The summed E-state index contributed by atoms with van der Waals surface area (Å²) in [5.74, 6) is -0.959. The summed E-state index contributed by atoms with van der Waals surface area (Å²) < 4.78 is 23.6. The molecule has 0 heterocycles. The van der Waals surface area contributed by atoms with Gasteiger partial charge in [0.2, 0.25) is 0 Å². The number of aliphatic hydroxyl groups excluding tert-OH is 1. The molecule has 0 radical (unpaired) electrons.